The number of phenolic OH excluding ortho intramolecular Hbond substituents is 1. The van der Waals surface area contributed by atoms with Gasteiger partial charge in [0.15, 0.2) is 0 Å². The lowest BCUT2D eigenvalue weighted by Crippen LogP contribution is -2.10. The van der Waals surface area contributed by atoms with Gasteiger partial charge in [-0.15, -0.1) is 5.11 Å². The summed E-state index contributed by atoms with van der Waals surface area (Å²) >= 11 is 0. The van der Waals surface area contributed by atoms with Crippen molar-refractivity contribution >= 4 is 11.4 Å². The molecule has 2 aromatic carbocycles. The van der Waals surface area contributed by atoms with E-state index in [1.54, 1.807) is 12.1 Å². The van der Waals surface area contributed by atoms with Crippen LogP contribution in [0.1, 0.15) is 51.7 Å². The summed E-state index contributed by atoms with van der Waals surface area (Å²) in [5.41, 5.74) is 3.74. The summed E-state index contributed by atoms with van der Waals surface area (Å²) in [6.07, 6.45) is 0. The van der Waals surface area contributed by atoms with E-state index < -0.39 is 0 Å². The lowest BCUT2D eigenvalue weighted by atomic mass is 9.87. The van der Waals surface area contributed by atoms with E-state index in [9.17, 15) is 5.11 Å². The maximum Gasteiger partial charge on any atom is 0.143 e. The van der Waals surface area contributed by atoms with Gasteiger partial charge >= 0.3 is 0 Å². The molecule has 116 valence electrons. The number of nitrogens with zero attached hydrogens (tertiary/aromatic N) is 2. The molecule has 0 aliphatic rings. The van der Waals surface area contributed by atoms with Gasteiger partial charge in [0.1, 0.15) is 11.4 Å². The monoisotopic (exact) mass is 296 g/mol. The molecule has 3 nitrogen and oxygen atoms in total. The van der Waals surface area contributed by atoms with Crippen LogP contribution in [0.4, 0.5) is 11.4 Å². The second-order valence-electron chi connectivity index (χ2n) is 6.90. The van der Waals surface area contributed by atoms with Crippen LogP contribution in [0.5, 0.6) is 5.75 Å². The first-order valence-electron chi connectivity index (χ1n) is 7.62. The Balaban J connectivity index is 2.18. The van der Waals surface area contributed by atoms with Gasteiger partial charge in [-0.3, -0.25) is 0 Å². The van der Waals surface area contributed by atoms with Crippen LogP contribution in [-0.2, 0) is 5.41 Å². The minimum Gasteiger partial charge on any atom is -0.506 e. The summed E-state index contributed by atoms with van der Waals surface area (Å²) in [6, 6.07) is 13.6. The number of rotatable bonds is 3. The second kappa shape index (κ2) is 6.30. The van der Waals surface area contributed by atoms with Gasteiger partial charge in [-0.05, 0) is 46.7 Å². The Morgan fingerprint density at radius 1 is 0.909 bits per heavy atom. The quantitative estimate of drug-likeness (QED) is 0.670. The molecule has 2 aromatic rings. The Hall–Kier alpha value is -2.16. The fourth-order valence-electron chi connectivity index (χ4n) is 2.12. The molecule has 0 aliphatic heterocycles. The summed E-state index contributed by atoms with van der Waals surface area (Å²) in [6.45, 7) is 10.7. The number of azo groups is 1. The summed E-state index contributed by atoms with van der Waals surface area (Å²) in [5.74, 6) is 0.545. The number of benzene rings is 2. The van der Waals surface area contributed by atoms with Gasteiger partial charge in [0.2, 0.25) is 0 Å². The molecule has 2 rings (SSSR count). The van der Waals surface area contributed by atoms with Crippen molar-refractivity contribution in [2.24, 2.45) is 10.2 Å². The Bertz CT molecular complexity index is 665. The highest BCUT2D eigenvalue weighted by Crippen LogP contribution is 2.31. The fraction of sp³-hybridized carbons (Fsp3) is 0.368. The zero-order valence-electron chi connectivity index (χ0n) is 14.0. The summed E-state index contributed by atoms with van der Waals surface area (Å²) in [5, 5.41) is 18.4. The molecule has 0 aromatic heterocycles. The van der Waals surface area contributed by atoms with E-state index in [0.717, 1.165) is 11.3 Å². The maximum absolute atomic E-state index is 10.0. The average molecular weight is 296 g/mol. The molecule has 0 saturated heterocycles. The van der Waals surface area contributed by atoms with Gasteiger partial charge in [-0.1, -0.05) is 52.8 Å². The molecule has 22 heavy (non-hydrogen) atoms. The predicted molar refractivity (Wildman–Crippen MR) is 91.5 cm³/mol. The van der Waals surface area contributed by atoms with Gasteiger partial charge in [-0.2, -0.15) is 5.11 Å². The third-order valence-corrected chi connectivity index (χ3v) is 3.67. The number of hydrogen-bond donors (Lipinski definition) is 1. The topological polar surface area (TPSA) is 45.0 Å². The molecule has 0 heterocycles. The fourth-order valence-corrected chi connectivity index (χ4v) is 2.12. The Morgan fingerprint density at radius 2 is 1.55 bits per heavy atom. The maximum atomic E-state index is 10.0. The van der Waals surface area contributed by atoms with Gasteiger partial charge in [-0.25, -0.2) is 0 Å². The predicted octanol–water partition coefficient (Wildman–Crippen LogP) is 6.23. The molecule has 0 spiro atoms. The molecular formula is C19H24N2O. The summed E-state index contributed by atoms with van der Waals surface area (Å²) in [4.78, 5) is 0. The average Bonchev–Trinajstić information content (AvgIpc) is 2.45. The van der Waals surface area contributed by atoms with Gasteiger partial charge in [0.25, 0.3) is 0 Å². The SMILES string of the molecule is CC(C)c1ccc(/N=N\c2ccc(C(C)(C)C)cc2)c(O)c1. The van der Waals surface area contributed by atoms with E-state index >= 15 is 0 Å². The third kappa shape index (κ3) is 3.94. The van der Waals surface area contributed by atoms with Crippen LogP contribution in [0.15, 0.2) is 52.7 Å². The van der Waals surface area contributed by atoms with Crippen molar-refractivity contribution in [2.75, 3.05) is 0 Å². The zero-order chi connectivity index (χ0) is 16.3. The molecule has 0 amide bonds. The molecule has 0 radical (unpaired) electrons. The first-order chi connectivity index (χ1) is 10.3. The molecule has 3 heteroatoms. The Labute approximate surface area is 132 Å². The van der Waals surface area contributed by atoms with Gasteiger partial charge in [0, 0.05) is 0 Å². The molecule has 0 aliphatic carbocycles. The van der Waals surface area contributed by atoms with Crippen molar-refractivity contribution in [1.29, 1.82) is 0 Å². The van der Waals surface area contributed by atoms with E-state index in [2.05, 4.69) is 57.0 Å². The molecule has 1 N–H and O–H groups in total. The normalized spacial score (nSPS) is 12.3. The lowest BCUT2D eigenvalue weighted by molar-refractivity contribution is 0.475. The minimum atomic E-state index is 0.126. The highest BCUT2D eigenvalue weighted by atomic mass is 16.3. The largest absolute Gasteiger partial charge is 0.506 e. The van der Waals surface area contributed by atoms with Crippen LogP contribution >= 0.6 is 0 Å². The van der Waals surface area contributed by atoms with Crippen LogP contribution in [0.25, 0.3) is 0 Å². The first-order valence-corrected chi connectivity index (χ1v) is 7.62. The van der Waals surface area contributed by atoms with Crippen molar-refractivity contribution in [3.8, 4) is 5.75 Å². The molecule has 0 atom stereocenters. The van der Waals surface area contributed by atoms with Crippen LogP contribution in [-0.4, -0.2) is 5.11 Å². The van der Waals surface area contributed by atoms with Crippen LogP contribution in [0.3, 0.4) is 0 Å². The van der Waals surface area contributed by atoms with E-state index in [-0.39, 0.29) is 11.2 Å². The zero-order valence-corrected chi connectivity index (χ0v) is 14.0. The van der Waals surface area contributed by atoms with Crippen LogP contribution in [0.2, 0.25) is 0 Å². The number of phenols is 1. The smallest absolute Gasteiger partial charge is 0.143 e. The van der Waals surface area contributed by atoms with Crippen molar-refractivity contribution in [3.05, 3.63) is 53.6 Å². The number of aromatic hydroxyl groups is 1. The van der Waals surface area contributed by atoms with E-state index in [1.165, 1.54) is 5.56 Å². The van der Waals surface area contributed by atoms with Gasteiger partial charge in [0.05, 0.1) is 5.69 Å². The number of hydrogen-bond acceptors (Lipinski definition) is 3. The van der Waals surface area contributed by atoms with Gasteiger partial charge < -0.3 is 5.11 Å². The van der Waals surface area contributed by atoms with Crippen molar-refractivity contribution in [3.63, 3.8) is 0 Å². The van der Waals surface area contributed by atoms with Crippen LogP contribution in [0, 0.1) is 0 Å². The standard InChI is InChI=1S/C19H24N2O/c1-13(2)14-6-11-17(18(22)12-14)21-20-16-9-7-15(8-10-16)19(3,4)5/h6-13,22H,1-5H3/b21-20-. The first kappa shape index (κ1) is 16.2. The van der Waals surface area contributed by atoms with Crippen molar-refractivity contribution in [2.45, 2.75) is 46.0 Å². The third-order valence-electron chi connectivity index (χ3n) is 3.67. The van der Waals surface area contributed by atoms with E-state index in [4.69, 9.17) is 0 Å². The second-order valence-corrected chi connectivity index (χ2v) is 6.90. The summed E-state index contributed by atoms with van der Waals surface area (Å²) < 4.78 is 0. The Morgan fingerprint density at radius 3 is 2.05 bits per heavy atom. The lowest BCUT2D eigenvalue weighted by Gasteiger charge is -2.18. The van der Waals surface area contributed by atoms with Crippen molar-refractivity contribution in [1.82, 2.24) is 0 Å². The van der Waals surface area contributed by atoms with Crippen molar-refractivity contribution < 1.29 is 5.11 Å². The molecular weight excluding hydrogens is 272 g/mol. The summed E-state index contributed by atoms with van der Waals surface area (Å²) in [7, 11) is 0. The molecule has 0 saturated carbocycles. The minimum absolute atomic E-state index is 0.126. The molecule has 0 unspecified atom stereocenters. The van der Waals surface area contributed by atoms with Crippen LogP contribution < -0.4 is 0 Å². The van der Waals surface area contributed by atoms with E-state index in [1.807, 2.05) is 18.2 Å². The molecule has 0 bridgehead atoms. The molecule has 0 fully saturated rings. The highest BCUT2D eigenvalue weighted by Gasteiger charge is 2.12. The van der Waals surface area contributed by atoms with E-state index in [0.29, 0.717) is 11.6 Å². The Kier molecular flexibility index (Phi) is 4.65. The highest BCUT2D eigenvalue weighted by molar-refractivity contribution is 5.53.